The summed E-state index contributed by atoms with van der Waals surface area (Å²) in [7, 11) is 1.75. The Balaban J connectivity index is 1.51. The zero-order chi connectivity index (χ0) is 19.2. The van der Waals surface area contributed by atoms with Crippen LogP contribution in [0.2, 0.25) is 0 Å². The molecule has 0 aliphatic rings. The van der Waals surface area contributed by atoms with E-state index >= 15 is 0 Å². The zero-order valence-electron chi connectivity index (χ0n) is 15.5. The van der Waals surface area contributed by atoms with Gasteiger partial charge in [0.2, 0.25) is 11.8 Å². The van der Waals surface area contributed by atoms with Crippen LogP contribution in [0.25, 0.3) is 10.9 Å². The van der Waals surface area contributed by atoms with Crippen LogP contribution in [0.3, 0.4) is 0 Å². The highest BCUT2D eigenvalue weighted by Crippen LogP contribution is 2.15. The van der Waals surface area contributed by atoms with Gasteiger partial charge in [0.15, 0.2) is 0 Å². The largest absolute Gasteiger partial charge is 0.341 e. The number of rotatable bonds is 6. The van der Waals surface area contributed by atoms with Crippen molar-refractivity contribution in [2.24, 2.45) is 0 Å². The molecule has 27 heavy (non-hydrogen) atoms. The number of nitrogens with one attached hydrogen (secondary N) is 1. The van der Waals surface area contributed by atoms with Gasteiger partial charge in [-0.25, -0.2) is 4.98 Å². The van der Waals surface area contributed by atoms with Crippen LogP contribution in [0.1, 0.15) is 24.0 Å². The minimum atomic E-state index is -0.216. The van der Waals surface area contributed by atoms with E-state index in [1.807, 2.05) is 43.3 Å². The average Bonchev–Trinajstić information content (AvgIpc) is 2.66. The molecule has 2 amide bonds. The maximum Gasteiger partial charge on any atom is 0.226 e. The summed E-state index contributed by atoms with van der Waals surface area (Å²) in [6.45, 7) is 2.42. The van der Waals surface area contributed by atoms with E-state index in [1.54, 1.807) is 30.4 Å². The van der Waals surface area contributed by atoms with Crippen molar-refractivity contribution in [2.75, 3.05) is 12.4 Å². The molecule has 2 heterocycles. The molecule has 0 bridgehead atoms. The fourth-order valence-electron chi connectivity index (χ4n) is 2.81. The number of amides is 2. The van der Waals surface area contributed by atoms with Crippen LogP contribution in [0.4, 0.5) is 5.82 Å². The first-order chi connectivity index (χ1) is 13.0. The van der Waals surface area contributed by atoms with Crippen molar-refractivity contribution in [3.63, 3.8) is 0 Å². The number of benzene rings is 1. The topological polar surface area (TPSA) is 75.2 Å². The normalized spacial score (nSPS) is 10.6. The molecule has 0 unspecified atom stereocenters. The summed E-state index contributed by atoms with van der Waals surface area (Å²) in [6, 6.07) is 13.5. The van der Waals surface area contributed by atoms with Crippen molar-refractivity contribution in [2.45, 2.75) is 26.3 Å². The lowest BCUT2D eigenvalue weighted by Crippen LogP contribution is -2.27. The van der Waals surface area contributed by atoms with Gasteiger partial charge < -0.3 is 10.2 Å². The van der Waals surface area contributed by atoms with Gasteiger partial charge in [-0.2, -0.15) is 0 Å². The maximum absolute atomic E-state index is 12.3. The molecule has 0 spiro atoms. The van der Waals surface area contributed by atoms with E-state index in [2.05, 4.69) is 15.3 Å². The molecule has 6 heteroatoms. The number of pyridine rings is 2. The predicted molar refractivity (Wildman–Crippen MR) is 105 cm³/mol. The van der Waals surface area contributed by atoms with Crippen molar-refractivity contribution in [3.8, 4) is 0 Å². The predicted octanol–water partition coefficient (Wildman–Crippen LogP) is 3.32. The Kier molecular flexibility index (Phi) is 5.76. The van der Waals surface area contributed by atoms with Crippen LogP contribution in [0, 0.1) is 6.92 Å². The first-order valence-corrected chi connectivity index (χ1v) is 8.81. The molecule has 0 fully saturated rings. The number of carbonyl (C=O) groups excluding carboxylic acids is 2. The molecule has 0 saturated carbocycles. The number of hydrogen-bond acceptors (Lipinski definition) is 4. The third-order valence-corrected chi connectivity index (χ3v) is 4.26. The monoisotopic (exact) mass is 362 g/mol. The summed E-state index contributed by atoms with van der Waals surface area (Å²) in [6.07, 6.45) is 3.68. The molecule has 3 aromatic rings. The molecule has 1 aromatic carbocycles. The average molecular weight is 362 g/mol. The van der Waals surface area contributed by atoms with Gasteiger partial charge in [-0.1, -0.05) is 12.1 Å². The van der Waals surface area contributed by atoms with Gasteiger partial charge in [-0.3, -0.25) is 14.6 Å². The number of carbonyl (C=O) groups is 2. The number of aromatic nitrogens is 2. The van der Waals surface area contributed by atoms with E-state index < -0.39 is 0 Å². The molecule has 0 aliphatic heterocycles. The van der Waals surface area contributed by atoms with Gasteiger partial charge >= 0.3 is 0 Å². The fraction of sp³-hybridized carbons (Fsp3) is 0.238. The molecule has 1 N–H and O–H groups in total. The minimum absolute atomic E-state index is 0.0753. The Morgan fingerprint density at radius 2 is 1.89 bits per heavy atom. The van der Waals surface area contributed by atoms with E-state index in [0.29, 0.717) is 12.4 Å². The molecule has 3 rings (SSSR count). The van der Waals surface area contributed by atoms with E-state index in [9.17, 15) is 9.59 Å². The molecule has 0 radical (unpaired) electrons. The molecule has 0 atom stereocenters. The highest BCUT2D eigenvalue weighted by molar-refractivity contribution is 5.92. The van der Waals surface area contributed by atoms with E-state index in [1.165, 1.54) is 0 Å². The quantitative estimate of drug-likeness (QED) is 0.730. The zero-order valence-corrected chi connectivity index (χ0v) is 15.5. The molecule has 2 aromatic heterocycles. The van der Waals surface area contributed by atoms with Crippen LogP contribution in [0.5, 0.6) is 0 Å². The Morgan fingerprint density at radius 1 is 1.04 bits per heavy atom. The lowest BCUT2D eigenvalue weighted by molar-refractivity contribution is -0.132. The second kappa shape index (κ2) is 8.40. The van der Waals surface area contributed by atoms with Crippen molar-refractivity contribution in [1.29, 1.82) is 0 Å². The summed E-state index contributed by atoms with van der Waals surface area (Å²) in [5.41, 5.74) is 2.97. The number of aryl methyl sites for hydroxylation is 1. The van der Waals surface area contributed by atoms with Crippen LogP contribution >= 0.6 is 0 Å². The first-order valence-electron chi connectivity index (χ1n) is 8.81. The Labute approximate surface area is 158 Å². The first kappa shape index (κ1) is 18.5. The highest BCUT2D eigenvalue weighted by Gasteiger charge is 2.13. The lowest BCUT2D eigenvalue weighted by Gasteiger charge is -2.17. The maximum atomic E-state index is 12.3. The standard InChI is InChI=1S/C21H22N4O2/c1-15-9-11-23-19(12-15)24-20(26)7-8-21(27)25(2)14-16-5-6-18-17(13-16)4-3-10-22-18/h3-6,9-13H,7-8,14H2,1-2H3,(H,23,24,26). The molecule has 138 valence electrons. The molecular formula is C21H22N4O2. The van der Waals surface area contributed by atoms with Crippen LogP contribution < -0.4 is 5.32 Å². The molecule has 0 aliphatic carbocycles. The van der Waals surface area contributed by atoms with Gasteiger partial charge in [0.1, 0.15) is 5.82 Å². The molecule has 6 nitrogen and oxygen atoms in total. The van der Waals surface area contributed by atoms with E-state index in [4.69, 9.17) is 0 Å². The number of anilines is 1. The van der Waals surface area contributed by atoms with Gasteiger partial charge in [-0.05, 0) is 48.4 Å². The summed E-state index contributed by atoms with van der Waals surface area (Å²) in [5.74, 6) is 0.214. The van der Waals surface area contributed by atoms with Crippen LogP contribution in [0.15, 0.2) is 54.9 Å². The van der Waals surface area contributed by atoms with Crippen molar-refractivity contribution >= 4 is 28.5 Å². The number of nitrogens with zero attached hydrogens (tertiary/aromatic N) is 3. The number of hydrogen-bond donors (Lipinski definition) is 1. The summed E-state index contributed by atoms with van der Waals surface area (Å²) >= 11 is 0. The van der Waals surface area contributed by atoms with Gasteiger partial charge in [-0.15, -0.1) is 0 Å². The Hall–Kier alpha value is -3.28. The smallest absolute Gasteiger partial charge is 0.226 e. The van der Waals surface area contributed by atoms with Crippen molar-refractivity contribution in [1.82, 2.24) is 14.9 Å². The van der Waals surface area contributed by atoms with Gasteiger partial charge in [0.25, 0.3) is 0 Å². The van der Waals surface area contributed by atoms with E-state index in [-0.39, 0.29) is 24.7 Å². The SMILES string of the molecule is Cc1ccnc(NC(=O)CCC(=O)N(C)Cc2ccc3ncccc3c2)c1. The van der Waals surface area contributed by atoms with E-state index in [0.717, 1.165) is 22.0 Å². The summed E-state index contributed by atoms with van der Waals surface area (Å²) < 4.78 is 0. The second-order valence-corrected chi connectivity index (χ2v) is 6.55. The second-order valence-electron chi connectivity index (χ2n) is 6.55. The minimum Gasteiger partial charge on any atom is -0.341 e. The summed E-state index contributed by atoms with van der Waals surface area (Å²) in [5, 5.41) is 3.76. The van der Waals surface area contributed by atoms with Crippen molar-refractivity contribution < 1.29 is 9.59 Å². The summed E-state index contributed by atoms with van der Waals surface area (Å²) in [4.78, 5) is 34.4. The highest BCUT2D eigenvalue weighted by atomic mass is 16.2. The van der Waals surface area contributed by atoms with Gasteiger partial charge in [0, 0.05) is 44.2 Å². The Bertz CT molecular complexity index is 971. The van der Waals surface area contributed by atoms with Crippen molar-refractivity contribution in [3.05, 3.63) is 66.0 Å². The molecular weight excluding hydrogens is 340 g/mol. The third-order valence-electron chi connectivity index (χ3n) is 4.26. The molecule has 0 saturated heterocycles. The van der Waals surface area contributed by atoms with Gasteiger partial charge in [0.05, 0.1) is 5.52 Å². The van der Waals surface area contributed by atoms with Crippen LogP contribution in [-0.4, -0.2) is 33.7 Å². The fourth-order valence-corrected chi connectivity index (χ4v) is 2.81. The third kappa shape index (κ3) is 5.10. The Morgan fingerprint density at radius 3 is 2.70 bits per heavy atom. The number of fused-ring (bicyclic) bond motifs is 1. The lowest BCUT2D eigenvalue weighted by atomic mass is 10.1. The van der Waals surface area contributed by atoms with Crippen LogP contribution in [-0.2, 0) is 16.1 Å².